The van der Waals surface area contributed by atoms with Crippen LogP contribution >= 0.6 is 11.8 Å². The van der Waals surface area contributed by atoms with Crippen LogP contribution in [0.1, 0.15) is 11.1 Å². The highest BCUT2D eigenvalue weighted by Crippen LogP contribution is 2.34. The Morgan fingerprint density at radius 3 is 2.50 bits per heavy atom. The monoisotopic (exact) mass is 419 g/mol. The van der Waals surface area contributed by atoms with Crippen molar-refractivity contribution in [1.82, 2.24) is 4.90 Å². The van der Waals surface area contributed by atoms with Gasteiger partial charge in [-0.2, -0.15) is 0 Å². The van der Waals surface area contributed by atoms with E-state index in [4.69, 9.17) is 9.84 Å². The second-order valence-electron chi connectivity index (χ2n) is 6.66. The Labute approximate surface area is 176 Å². The number of nitrogens with zero attached hydrogens (tertiary/aromatic N) is 1. The van der Waals surface area contributed by atoms with Gasteiger partial charge in [0.15, 0.2) is 6.61 Å². The van der Waals surface area contributed by atoms with Crippen molar-refractivity contribution in [3.05, 3.63) is 82.8 Å². The lowest BCUT2D eigenvalue weighted by atomic mass is 10.0. The van der Waals surface area contributed by atoms with Gasteiger partial charge in [-0.3, -0.25) is 14.5 Å². The van der Waals surface area contributed by atoms with Crippen molar-refractivity contribution < 1.29 is 24.2 Å². The Bertz CT molecular complexity index is 1160. The summed E-state index contributed by atoms with van der Waals surface area (Å²) in [7, 11) is 0. The summed E-state index contributed by atoms with van der Waals surface area (Å²) in [4.78, 5) is 37.5. The summed E-state index contributed by atoms with van der Waals surface area (Å²) in [5, 5.41) is 10.4. The number of carbonyl (C=O) groups excluding carboxylic acids is 2. The third-order valence-corrected chi connectivity index (χ3v) is 5.53. The number of rotatable bonds is 6. The molecule has 1 fully saturated rings. The van der Waals surface area contributed by atoms with E-state index in [0.717, 1.165) is 28.1 Å². The lowest BCUT2D eigenvalue weighted by Crippen LogP contribution is -2.27. The molecule has 1 saturated heterocycles. The van der Waals surface area contributed by atoms with Crippen LogP contribution in [0.4, 0.5) is 4.79 Å². The summed E-state index contributed by atoms with van der Waals surface area (Å²) in [6, 6.07) is 20.3. The Morgan fingerprint density at radius 2 is 1.73 bits per heavy atom. The topological polar surface area (TPSA) is 83.9 Å². The number of carboxylic acid groups (broad SMARTS) is 1. The van der Waals surface area contributed by atoms with Gasteiger partial charge in [0.05, 0.1) is 11.4 Å². The first-order chi connectivity index (χ1) is 14.5. The van der Waals surface area contributed by atoms with E-state index in [1.807, 2.05) is 42.5 Å². The quantitative estimate of drug-likeness (QED) is 0.591. The van der Waals surface area contributed by atoms with Crippen LogP contribution < -0.4 is 4.74 Å². The molecule has 0 aliphatic carbocycles. The van der Waals surface area contributed by atoms with E-state index in [-0.39, 0.29) is 17.7 Å². The van der Waals surface area contributed by atoms with Gasteiger partial charge in [0.1, 0.15) is 5.75 Å². The van der Waals surface area contributed by atoms with Gasteiger partial charge in [-0.15, -0.1) is 0 Å². The van der Waals surface area contributed by atoms with Crippen LogP contribution in [0, 0.1) is 0 Å². The van der Waals surface area contributed by atoms with Crippen LogP contribution in [0.25, 0.3) is 16.8 Å². The highest BCUT2D eigenvalue weighted by Gasteiger charge is 2.35. The number of aliphatic carboxylic acids is 1. The van der Waals surface area contributed by atoms with Gasteiger partial charge in [-0.05, 0) is 51.9 Å². The molecule has 150 valence electrons. The molecule has 0 radical (unpaired) electrons. The average Bonchev–Trinajstić information content (AvgIpc) is 3.01. The van der Waals surface area contributed by atoms with Crippen LogP contribution in [0.2, 0.25) is 0 Å². The second-order valence-corrected chi connectivity index (χ2v) is 7.65. The minimum atomic E-state index is -1.06. The molecule has 1 aliphatic heterocycles. The number of hydrogen-bond acceptors (Lipinski definition) is 5. The highest BCUT2D eigenvalue weighted by atomic mass is 32.2. The van der Waals surface area contributed by atoms with E-state index < -0.39 is 12.6 Å². The molecule has 0 unspecified atom stereocenters. The number of hydrogen-bond donors (Lipinski definition) is 1. The zero-order chi connectivity index (χ0) is 21.1. The summed E-state index contributed by atoms with van der Waals surface area (Å²) in [5.41, 5.74) is 1.63. The number of fused-ring (bicyclic) bond motifs is 1. The third-order valence-electron chi connectivity index (χ3n) is 4.62. The summed E-state index contributed by atoms with van der Waals surface area (Å²) in [6.45, 7) is -0.211. The zero-order valence-electron chi connectivity index (χ0n) is 15.8. The Morgan fingerprint density at radius 1 is 1.00 bits per heavy atom. The number of imide groups is 1. The van der Waals surface area contributed by atoms with Crippen LogP contribution in [0.15, 0.2) is 71.6 Å². The molecule has 2 amide bonds. The molecule has 1 aliphatic rings. The lowest BCUT2D eigenvalue weighted by Gasteiger charge is -2.14. The van der Waals surface area contributed by atoms with Crippen LogP contribution in [0.5, 0.6) is 5.75 Å². The smallest absolute Gasteiger partial charge is 0.341 e. The summed E-state index contributed by atoms with van der Waals surface area (Å²) in [5.74, 6) is -0.971. The number of ether oxygens (including phenoxy) is 1. The van der Waals surface area contributed by atoms with E-state index in [9.17, 15) is 14.4 Å². The maximum Gasteiger partial charge on any atom is 0.341 e. The number of amides is 2. The fraction of sp³-hybridized carbons (Fsp3) is 0.0870. The third kappa shape index (κ3) is 4.21. The standard InChI is InChI=1S/C23H17NO5S/c25-21(26)14-29-18-10-8-15(9-11-18)12-20-22(27)24(23(28)30-20)13-17-6-3-5-16-4-1-2-7-19(16)17/h1-12H,13-14H2,(H,25,26). The van der Waals surface area contributed by atoms with Crippen molar-refractivity contribution in [3.8, 4) is 5.75 Å². The Balaban J connectivity index is 1.51. The largest absolute Gasteiger partial charge is 0.482 e. The summed E-state index contributed by atoms with van der Waals surface area (Å²) in [6.07, 6.45) is 1.65. The van der Waals surface area contributed by atoms with Gasteiger partial charge in [-0.25, -0.2) is 4.79 Å². The first kappa shape index (κ1) is 19.7. The molecular weight excluding hydrogens is 402 g/mol. The number of benzene rings is 3. The van der Waals surface area contributed by atoms with Gasteiger partial charge in [0.25, 0.3) is 11.1 Å². The molecule has 7 heteroatoms. The molecule has 3 aromatic carbocycles. The molecule has 0 saturated carbocycles. The van der Waals surface area contributed by atoms with Gasteiger partial charge in [-0.1, -0.05) is 54.6 Å². The number of carboxylic acids is 1. The predicted octanol–water partition coefficient (Wildman–Crippen LogP) is 4.54. The number of carbonyl (C=O) groups is 3. The molecule has 1 heterocycles. The van der Waals surface area contributed by atoms with E-state index in [0.29, 0.717) is 16.2 Å². The SMILES string of the molecule is O=C(O)COc1ccc(C=C2SC(=O)N(Cc3cccc4ccccc34)C2=O)cc1. The van der Waals surface area contributed by atoms with Crippen molar-refractivity contribution in [1.29, 1.82) is 0 Å². The molecule has 4 rings (SSSR count). The van der Waals surface area contributed by atoms with Crippen LogP contribution in [0.3, 0.4) is 0 Å². The zero-order valence-corrected chi connectivity index (χ0v) is 16.6. The van der Waals surface area contributed by atoms with Crippen molar-refractivity contribution in [2.45, 2.75) is 6.54 Å². The summed E-state index contributed by atoms with van der Waals surface area (Å²) >= 11 is 0.909. The summed E-state index contributed by atoms with van der Waals surface area (Å²) < 4.78 is 5.09. The minimum Gasteiger partial charge on any atom is -0.482 e. The normalized spacial score (nSPS) is 15.2. The maximum atomic E-state index is 12.8. The Kier molecular flexibility index (Phi) is 5.54. The molecule has 0 spiro atoms. The molecule has 0 atom stereocenters. The van der Waals surface area contributed by atoms with Crippen molar-refractivity contribution in [2.75, 3.05) is 6.61 Å². The van der Waals surface area contributed by atoms with E-state index in [1.54, 1.807) is 30.3 Å². The molecule has 1 N–H and O–H groups in total. The van der Waals surface area contributed by atoms with Crippen LogP contribution in [-0.4, -0.2) is 33.7 Å². The maximum absolute atomic E-state index is 12.8. The number of thioether (sulfide) groups is 1. The highest BCUT2D eigenvalue weighted by molar-refractivity contribution is 8.18. The van der Waals surface area contributed by atoms with E-state index in [2.05, 4.69) is 0 Å². The molecular formula is C23H17NO5S. The van der Waals surface area contributed by atoms with Gasteiger partial charge in [0, 0.05) is 0 Å². The fourth-order valence-corrected chi connectivity index (χ4v) is 4.03. The molecule has 0 aromatic heterocycles. The fourth-order valence-electron chi connectivity index (χ4n) is 3.19. The van der Waals surface area contributed by atoms with Crippen molar-refractivity contribution >= 4 is 45.7 Å². The van der Waals surface area contributed by atoms with Crippen molar-refractivity contribution in [2.24, 2.45) is 0 Å². The lowest BCUT2D eigenvalue weighted by molar-refractivity contribution is -0.139. The van der Waals surface area contributed by atoms with E-state index >= 15 is 0 Å². The van der Waals surface area contributed by atoms with Gasteiger partial charge < -0.3 is 9.84 Å². The molecule has 6 nitrogen and oxygen atoms in total. The first-order valence-corrected chi connectivity index (χ1v) is 9.99. The van der Waals surface area contributed by atoms with E-state index in [1.165, 1.54) is 4.90 Å². The first-order valence-electron chi connectivity index (χ1n) is 9.18. The van der Waals surface area contributed by atoms with Gasteiger partial charge >= 0.3 is 5.97 Å². The van der Waals surface area contributed by atoms with Crippen molar-refractivity contribution in [3.63, 3.8) is 0 Å². The average molecular weight is 419 g/mol. The van der Waals surface area contributed by atoms with Gasteiger partial charge in [0.2, 0.25) is 0 Å². The second kappa shape index (κ2) is 8.42. The molecule has 0 bridgehead atoms. The van der Waals surface area contributed by atoms with Crippen LogP contribution in [-0.2, 0) is 16.1 Å². The Hall–Kier alpha value is -3.58. The predicted molar refractivity (Wildman–Crippen MR) is 115 cm³/mol. The molecule has 3 aromatic rings. The minimum absolute atomic E-state index is 0.214. The molecule has 30 heavy (non-hydrogen) atoms.